The number of anilines is 1. The molecule has 1 aliphatic rings. The Balaban J connectivity index is 1.98. The van der Waals surface area contributed by atoms with Crippen molar-refractivity contribution in [2.75, 3.05) is 37.7 Å². The number of carbonyl (C=O) groups excluding carboxylic acids is 2. The molecule has 0 aromatic heterocycles. The minimum absolute atomic E-state index is 0.0444. The first-order chi connectivity index (χ1) is 11.0. The van der Waals surface area contributed by atoms with Crippen LogP contribution in [-0.4, -0.2) is 49.6 Å². The third-order valence-electron chi connectivity index (χ3n) is 4.16. The van der Waals surface area contributed by atoms with Crippen LogP contribution in [0.2, 0.25) is 0 Å². The second-order valence-electron chi connectivity index (χ2n) is 6.16. The maximum Gasteiger partial charge on any atom is 0.224 e. The second-order valence-corrected chi connectivity index (χ2v) is 6.16. The van der Waals surface area contributed by atoms with E-state index in [1.54, 1.807) is 4.90 Å². The molecule has 5 nitrogen and oxygen atoms in total. The number of carbonyl (C=O) groups is 2. The van der Waals surface area contributed by atoms with Crippen molar-refractivity contribution in [3.05, 3.63) is 29.8 Å². The molecular formula is C18H26N2O3. The first-order valence-corrected chi connectivity index (χ1v) is 8.22. The van der Waals surface area contributed by atoms with Crippen molar-refractivity contribution in [3.63, 3.8) is 0 Å². The fraction of sp³-hybridized carbons (Fsp3) is 0.556. The summed E-state index contributed by atoms with van der Waals surface area (Å²) in [6.07, 6.45) is 0.339. The quantitative estimate of drug-likeness (QED) is 0.838. The molecule has 0 spiro atoms. The first-order valence-electron chi connectivity index (χ1n) is 8.22. The van der Waals surface area contributed by atoms with Crippen LogP contribution in [0.5, 0.6) is 0 Å². The van der Waals surface area contributed by atoms with Crippen molar-refractivity contribution < 1.29 is 14.3 Å². The van der Waals surface area contributed by atoms with Gasteiger partial charge in [0, 0.05) is 38.7 Å². The van der Waals surface area contributed by atoms with Crippen molar-refractivity contribution >= 4 is 17.5 Å². The molecule has 1 aromatic carbocycles. The zero-order valence-electron chi connectivity index (χ0n) is 14.2. The number of rotatable bonds is 5. The predicted molar refractivity (Wildman–Crippen MR) is 90.6 cm³/mol. The van der Waals surface area contributed by atoms with Gasteiger partial charge in [0.2, 0.25) is 11.8 Å². The lowest BCUT2D eigenvalue weighted by Gasteiger charge is -2.28. The number of morpholine rings is 1. The molecule has 23 heavy (non-hydrogen) atoms. The molecule has 0 atom stereocenters. The monoisotopic (exact) mass is 318 g/mol. The Morgan fingerprint density at radius 1 is 1.17 bits per heavy atom. The Bertz CT molecular complexity index is 534. The van der Waals surface area contributed by atoms with E-state index in [9.17, 15) is 9.59 Å². The van der Waals surface area contributed by atoms with Crippen molar-refractivity contribution in [1.82, 2.24) is 4.90 Å². The van der Waals surface area contributed by atoms with Crippen LogP contribution in [0, 0.1) is 0 Å². The molecule has 1 heterocycles. The van der Waals surface area contributed by atoms with Gasteiger partial charge in [-0.05, 0) is 23.6 Å². The van der Waals surface area contributed by atoms with Crippen LogP contribution in [0.25, 0.3) is 0 Å². The molecule has 1 aromatic rings. The Hall–Kier alpha value is -1.88. The van der Waals surface area contributed by atoms with Crippen molar-refractivity contribution in [3.8, 4) is 0 Å². The van der Waals surface area contributed by atoms with Gasteiger partial charge < -0.3 is 14.5 Å². The van der Waals surface area contributed by atoms with Crippen LogP contribution in [0.1, 0.15) is 38.7 Å². The average molecular weight is 318 g/mol. The summed E-state index contributed by atoms with van der Waals surface area (Å²) in [5.41, 5.74) is 2.08. The lowest BCUT2D eigenvalue weighted by Crippen LogP contribution is -2.42. The molecule has 0 saturated carbocycles. The third-order valence-corrected chi connectivity index (χ3v) is 4.16. The summed E-state index contributed by atoms with van der Waals surface area (Å²) in [5.74, 6) is 0.494. The van der Waals surface area contributed by atoms with Gasteiger partial charge in [-0.1, -0.05) is 26.0 Å². The van der Waals surface area contributed by atoms with Gasteiger partial charge >= 0.3 is 0 Å². The molecular weight excluding hydrogens is 292 g/mol. The zero-order chi connectivity index (χ0) is 16.8. The smallest absolute Gasteiger partial charge is 0.224 e. The summed E-state index contributed by atoms with van der Waals surface area (Å²) in [7, 11) is 0. The molecule has 2 amide bonds. The number of ether oxygens (including phenoxy) is 1. The molecule has 126 valence electrons. The van der Waals surface area contributed by atoms with Crippen LogP contribution in [-0.2, 0) is 14.3 Å². The highest BCUT2D eigenvalue weighted by molar-refractivity contribution is 5.92. The highest BCUT2D eigenvalue weighted by Crippen LogP contribution is 2.20. The fourth-order valence-electron chi connectivity index (χ4n) is 2.69. The highest BCUT2D eigenvalue weighted by atomic mass is 16.5. The van der Waals surface area contributed by atoms with Gasteiger partial charge in [0.15, 0.2) is 0 Å². The molecule has 0 radical (unpaired) electrons. The van der Waals surface area contributed by atoms with E-state index in [0.29, 0.717) is 45.2 Å². The van der Waals surface area contributed by atoms with E-state index in [4.69, 9.17) is 4.74 Å². The molecule has 1 aliphatic heterocycles. The zero-order valence-corrected chi connectivity index (χ0v) is 14.2. The maximum absolute atomic E-state index is 12.2. The average Bonchev–Trinajstić information content (AvgIpc) is 2.55. The van der Waals surface area contributed by atoms with Crippen LogP contribution < -0.4 is 4.90 Å². The van der Waals surface area contributed by atoms with Gasteiger partial charge in [-0.15, -0.1) is 0 Å². The lowest BCUT2D eigenvalue weighted by atomic mass is 10.0. The van der Waals surface area contributed by atoms with Crippen molar-refractivity contribution in [2.45, 2.75) is 33.1 Å². The fourth-order valence-corrected chi connectivity index (χ4v) is 2.69. The van der Waals surface area contributed by atoms with Crippen molar-refractivity contribution in [2.24, 2.45) is 0 Å². The SMILES string of the molecule is CC(=O)N(CCC(=O)N1CCOCC1)c1ccc(C(C)C)cc1. The lowest BCUT2D eigenvalue weighted by molar-refractivity contribution is -0.135. The molecule has 0 unspecified atom stereocenters. The summed E-state index contributed by atoms with van der Waals surface area (Å²) in [5, 5.41) is 0. The van der Waals surface area contributed by atoms with Gasteiger partial charge in [-0.2, -0.15) is 0 Å². The Kier molecular flexibility index (Phi) is 6.16. The van der Waals surface area contributed by atoms with E-state index in [-0.39, 0.29) is 11.8 Å². The minimum Gasteiger partial charge on any atom is -0.378 e. The van der Waals surface area contributed by atoms with Gasteiger partial charge in [0.05, 0.1) is 13.2 Å². The highest BCUT2D eigenvalue weighted by Gasteiger charge is 2.19. The van der Waals surface area contributed by atoms with Crippen LogP contribution in [0.4, 0.5) is 5.69 Å². The summed E-state index contributed by atoms with van der Waals surface area (Å²) in [4.78, 5) is 27.6. The van der Waals surface area contributed by atoms with E-state index in [1.165, 1.54) is 12.5 Å². The molecule has 0 bridgehead atoms. The molecule has 1 saturated heterocycles. The topological polar surface area (TPSA) is 49.9 Å². The molecule has 1 fully saturated rings. The number of benzene rings is 1. The molecule has 0 aliphatic carbocycles. The van der Waals surface area contributed by atoms with E-state index < -0.39 is 0 Å². The van der Waals surface area contributed by atoms with E-state index in [2.05, 4.69) is 13.8 Å². The van der Waals surface area contributed by atoms with Gasteiger partial charge in [0.25, 0.3) is 0 Å². The predicted octanol–water partition coefficient (Wildman–Crippen LogP) is 2.41. The summed E-state index contributed by atoms with van der Waals surface area (Å²) in [6.45, 7) is 8.70. The van der Waals surface area contributed by atoms with Crippen LogP contribution >= 0.6 is 0 Å². The molecule has 2 rings (SSSR count). The standard InChI is InChI=1S/C18H26N2O3/c1-14(2)16-4-6-17(7-5-16)20(15(3)21)9-8-18(22)19-10-12-23-13-11-19/h4-7,14H,8-13H2,1-3H3. The third kappa shape index (κ3) is 4.79. The Labute approximate surface area is 138 Å². The normalized spacial score (nSPS) is 14.9. The number of amides is 2. The second kappa shape index (κ2) is 8.11. The molecule has 5 heteroatoms. The number of hydrogen-bond donors (Lipinski definition) is 0. The van der Waals surface area contributed by atoms with E-state index >= 15 is 0 Å². The maximum atomic E-state index is 12.2. The Morgan fingerprint density at radius 3 is 2.30 bits per heavy atom. The van der Waals surface area contributed by atoms with Crippen molar-refractivity contribution in [1.29, 1.82) is 0 Å². The van der Waals surface area contributed by atoms with E-state index in [0.717, 1.165) is 5.69 Å². The van der Waals surface area contributed by atoms with Gasteiger partial charge in [0.1, 0.15) is 0 Å². The van der Waals surface area contributed by atoms with Crippen LogP contribution in [0.15, 0.2) is 24.3 Å². The number of hydrogen-bond acceptors (Lipinski definition) is 3. The number of nitrogens with zero attached hydrogens (tertiary/aromatic N) is 2. The van der Waals surface area contributed by atoms with Crippen LogP contribution in [0.3, 0.4) is 0 Å². The van der Waals surface area contributed by atoms with E-state index in [1.807, 2.05) is 29.2 Å². The largest absolute Gasteiger partial charge is 0.378 e. The van der Waals surface area contributed by atoms with Gasteiger partial charge in [-0.25, -0.2) is 0 Å². The summed E-state index contributed by atoms with van der Waals surface area (Å²) >= 11 is 0. The summed E-state index contributed by atoms with van der Waals surface area (Å²) in [6, 6.07) is 7.99. The summed E-state index contributed by atoms with van der Waals surface area (Å²) < 4.78 is 5.26. The molecule has 0 N–H and O–H groups in total. The minimum atomic E-state index is -0.0444. The van der Waals surface area contributed by atoms with Gasteiger partial charge in [-0.3, -0.25) is 9.59 Å². The Morgan fingerprint density at radius 2 is 1.78 bits per heavy atom. The first kappa shape index (κ1) is 17.5.